The van der Waals surface area contributed by atoms with Gasteiger partial charge in [0.05, 0.1) is 6.10 Å². The molecule has 1 aliphatic rings. The second-order valence-corrected chi connectivity index (χ2v) is 6.67. The summed E-state index contributed by atoms with van der Waals surface area (Å²) in [6.07, 6.45) is 4.71. The minimum Gasteiger partial charge on any atom is -0.425 e. The Balaban J connectivity index is 1.40. The number of carbonyl (C=O) groups is 1. The van der Waals surface area contributed by atoms with Gasteiger partial charge < -0.3 is 14.8 Å². The second-order valence-electron chi connectivity index (χ2n) is 5.89. The molecule has 0 radical (unpaired) electrons. The maximum absolute atomic E-state index is 11.8. The van der Waals surface area contributed by atoms with Crippen LogP contribution >= 0.6 is 11.3 Å². The molecule has 1 unspecified atom stereocenters. The minimum atomic E-state index is -0.664. The lowest BCUT2D eigenvalue weighted by Crippen LogP contribution is -2.28. The first-order valence-electron chi connectivity index (χ1n) is 8.01. The van der Waals surface area contributed by atoms with Crippen molar-refractivity contribution in [1.82, 2.24) is 15.5 Å². The molecule has 2 heterocycles. The molecule has 1 saturated carbocycles. The van der Waals surface area contributed by atoms with Gasteiger partial charge in [0.1, 0.15) is 0 Å². The van der Waals surface area contributed by atoms with Gasteiger partial charge in [-0.2, -0.15) is 11.3 Å². The molecule has 1 fully saturated rings. The van der Waals surface area contributed by atoms with E-state index in [2.05, 4.69) is 15.5 Å². The lowest BCUT2D eigenvalue weighted by molar-refractivity contribution is -0.121. The fraction of sp³-hybridized carbons (Fsp3) is 0.562. The molecule has 0 saturated heterocycles. The highest BCUT2D eigenvalue weighted by Crippen LogP contribution is 2.33. The lowest BCUT2D eigenvalue weighted by Gasteiger charge is -2.10. The van der Waals surface area contributed by atoms with Gasteiger partial charge in [-0.3, -0.25) is 4.79 Å². The Kier molecular flexibility index (Phi) is 5.40. The standard InChI is InChI=1S/C16H21N3O3S/c20-13(12-7-8-23-10-12)9-17-14(21)5-6-15-18-19-16(22-15)11-3-1-2-4-11/h7-8,10-11,13,20H,1-6,9H2,(H,17,21). The molecule has 0 bridgehead atoms. The normalized spacial score (nSPS) is 16.6. The largest absolute Gasteiger partial charge is 0.425 e. The molecule has 23 heavy (non-hydrogen) atoms. The van der Waals surface area contributed by atoms with Crippen LogP contribution in [0.1, 0.15) is 61.5 Å². The molecular weight excluding hydrogens is 314 g/mol. The molecular formula is C16H21N3O3S. The quantitative estimate of drug-likeness (QED) is 0.812. The summed E-state index contributed by atoms with van der Waals surface area (Å²) in [5, 5.41) is 24.5. The van der Waals surface area contributed by atoms with Crippen LogP contribution in [0, 0.1) is 0 Å². The first kappa shape index (κ1) is 16.1. The number of rotatable bonds is 7. The SMILES string of the molecule is O=C(CCc1nnc(C2CCCC2)o1)NCC(O)c1ccsc1. The topological polar surface area (TPSA) is 88.2 Å². The molecule has 0 aromatic carbocycles. The van der Waals surface area contributed by atoms with Crippen LogP contribution in [0.2, 0.25) is 0 Å². The van der Waals surface area contributed by atoms with Crippen molar-refractivity contribution in [2.75, 3.05) is 6.54 Å². The van der Waals surface area contributed by atoms with E-state index in [1.807, 2.05) is 16.8 Å². The van der Waals surface area contributed by atoms with Gasteiger partial charge in [0.25, 0.3) is 0 Å². The maximum Gasteiger partial charge on any atom is 0.220 e. The van der Waals surface area contributed by atoms with Crippen LogP contribution in [0.5, 0.6) is 0 Å². The average Bonchev–Trinajstić information content (AvgIpc) is 3.32. The molecule has 6 nitrogen and oxygen atoms in total. The van der Waals surface area contributed by atoms with E-state index in [0.29, 0.717) is 24.1 Å². The molecule has 0 aliphatic heterocycles. The number of hydrogen-bond acceptors (Lipinski definition) is 6. The fourth-order valence-corrected chi connectivity index (χ4v) is 3.51. The average molecular weight is 335 g/mol. The van der Waals surface area contributed by atoms with E-state index in [4.69, 9.17) is 4.42 Å². The molecule has 3 rings (SSSR count). The van der Waals surface area contributed by atoms with Gasteiger partial charge in [0.2, 0.25) is 17.7 Å². The van der Waals surface area contributed by atoms with Crippen molar-refractivity contribution < 1.29 is 14.3 Å². The second kappa shape index (κ2) is 7.70. The number of aryl methyl sites for hydroxylation is 1. The summed E-state index contributed by atoms with van der Waals surface area (Å²) in [5.74, 6) is 1.50. The van der Waals surface area contributed by atoms with Crippen LogP contribution < -0.4 is 5.32 Å². The van der Waals surface area contributed by atoms with Gasteiger partial charge in [0, 0.05) is 25.3 Å². The fourth-order valence-electron chi connectivity index (χ4n) is 2.81. The highest BCUT2D eigenvalue weighted by molar-refractivity contribution is 7.07. The van der Waals surface area contributed by atoms with Crippen molar-refractivity contribution in [3.63, 3.8) is 0 Å². The Bertz CT molecular complexity index is 620. The number of amides is 1. The van der Waals surface area contributed by atoms with Crippen molar-refractivity contribution in [2.24, 2.45) is 0 Å². The zero-order valence-corrected chi connectivity index (χ0v) is 13.7. The molecule has 0 spiro atoms. The Morgan fingerprint density at radius 1 is 1.43 bits per heavy atom. The van der Waals surface area contributed by atoms with Crippen LogP contribution in [0.4, 0.5) is 0 Å². The third-order valence-electron chi connectivity index (χ3n) is 4.17. The minimum absolute atomic E-state index is 0.125. The van der Waals surface area contributed by atoms with Crippen molar-refractivity contribution in [2.45, 2.75) is 50.5 Å². The Morgan fingerprint density at radius 2 is 2.26 bits per heavy atom. The van der Waals surface area contributed by atoms with Crippen LogP contribution in [0.25, 0.3) is 0 Å². The van der Waals surface area contributed by atoms with E-state index >= 15 is 0 Å². The number of aromatic nitrogens is 2. The van der Waals surface area contributed by atoms with Crippen molar-refractivity contribution >= 4 is 17.2 Å². The molecule has 124 valence electrons. The van der Waals surface area contributed by atoms with E-state index < -0.39 is 6.10 Å². The summed E-state index contributed by atoms with van der Waals surface area (Å²) in [6, 6.07) is 1.85. The predicted octanol–water partition coefficient (Wildman–Crippen LogP) is 2.57. The van der Waals surface area contributed by atoms with Gasteiger partial charge in [-0.15, -0.1) is 10.2 Å². The van der Waals surface area contributed by atoms with Crippen molar-refractivity contribution in [3.05, 3.63) is 34.2 Å². The molecule has 2 aromatic heterocycles. The van der Waals surface area contributed by atoms with E-state index in [1.165, 1.54) is 24.2 Å². The summed E-state index contributed by atoms with van der Waals surface area (Å²) >= 11 is 1.52. The number of aliphatic hydroxyl groups excluding tert-OH is 1. The monoisotopic (exact) mass is 335 g/mol. The van der Waals surface area contributed by atoms with Gasteiger partial charge in [-0.05, 0) is 35.2 Å². The van der Waals surface area contributed by atoms with Crippen LogP contribution in [-0.2, 0) is 11.2 Å². The van der Waals surface area contributed by atoms with Crippen molar-refractivity contribution in [1.29, 1.82) is 0 Å². The zero-order valence-electron chi connectivity index (χ0n) is 12.9. The van der Waals surface area contributed by atoms with Crippen LogP contribution in [-0.4, -0.2) is 27.8 Å². The maximum atomic E-state index is 11.8. The molecule has 2 aromatic rings. The number of thiophene rings is 1. The third kappa shape index (κ3) is 4.39. The highest BCUT2D eigenvalue weighted by Gasteiger charge is 2.22. The van der Waals surface area contributed by atoms with Gasteiger partial charge >= 0.3 is 0 Å². The van der Waals surface area contributed by atoms with E-state index in [-0.39, 0.29) is 18.9 Å². The molecule has 1 aliphatic carbocycles. The van der Waals surface area contributed by atoms with Gasteiger partial charge in [-0.1, -0.05) is 12.8 Å². The molecule has 1 atom stereocenters. The zero-order chi connectivity index (χ0) is 16.1. The summed E-state index contributed by atoms with van der Waals surface area (Å²) in [7, 11) is 0. The molecule has 7 heteroatoms. The van der Waals surface area contributed by atoms with Crippen molar-refractivity contribution in [3.8, 4) is 0 Å². The first-order valence-corrected chi connectivity index (χ1v) is 8.96. The first-order chi connectivity index (χ1) is 11.2. The van der Waals surface area contributed by atoms with Gasteiger partial charge in [-0.25, -0.2) is 0 Å². The summed E-state index contributed by atoms with van der Waals surface area (Å²) < 4.78 is 5.65. The lowest BCUT2D eigenvalue weighted by atomic mass is 10.1. The number of nitrogens with zero attached hydrogens (tertiary/aromatic N) is 2. The van der Waals surface area contributed by atoms with E-state index in [0.717, 1.165) is 18.4 Å². The van der Waals surface area contributed by atoms with Crippen LogP contribution in [0.15, 0.2) is 21.2 Å². The smallest absolute Gasteiger partial charge is 0.220 e. The van der Waals surface area contributed by atoms with E-state index in [1.54, 1.807) is 0 Å². The number of aliphatic hydroxyl groups is 1. The summed E-state index contributed by atoms with van der Waals surface area (Å²) in [4.78, 5) is 11.8. The predicted molar refractivity (Wildman–Crippen MR) is 86.1 cm³/mol. The number of carbonyl (C=O) groups excluding carboxylic acids is 1. The number of hydrogen-bond donors (Lipinski definition) is 2. The Morgan fingerprint density at radius 3 is 3.00 bits per heavy atom. The number of nitrogens with one attached hydrogen (secondary N) is 1. The third-order valence-corrected chi connectivity index (χ3v) is 4.87. The van der Waals surface area contributed by atoms with E-state index in [9.17, 15) is 9.90 Å². The Hall–Kier alpha value is -1.73. The Labute approximate surface area is 138 Å². The molecule has 2 N–H and O–H groups in total. The molecule has 1 amide bonds. The van der Waals surface area contributed by atoms with Gasteiger partial charge in [0.15, 0.2) is 0 Å². The highest BCUT2D eigenvalue weighted by atomic mass is 32.1. The van der Waals surface area contributed by atoms with Crippen LogP contribution in [0.3, 0.4) is 0 Å². The summed E-state index contributed by atoms with van der Waals surface area (Å²) in [5.41, 5.74) is 0.827. The summed E-state index contributed by atoms with van der Waals surface area (Å²) in [6.45, 7) is 0.215.